The van der Waals surface area contributed by atoms with Crippen molar-refractivity contribution in [3.63, 3.8) is 0 Å². The van der Waals surface area contributed by atoms with E-state index >= 15 is 0 Å². The maximum absolute atomic E-state index is 13.4. The van der Waals surface area contributed by atoms with Gasteiger partial charge in [-0.05, 0) is 71.8 Å². The molecule has 8 heteroatoms. The highest BCUT2D eigenvalue weighted by molar-refractivity contribution is 9.10. The van der Waals surface area contributed by atoms with E-state index in [9.17, 15) is 24.3 Å². The molecule has 0 radical (unpaired) electrons. The Morgan fingerprint density at radius 1 is 1.14 bits per heavy atom. The van der Waals surface area contributed by atoms with Gasteiger partial charge in [0, 0.05) is 29.2 Å². The van der Waals surface area contributed by atoms with Crippen molar-refractivity contribution in [2.45, 2.75) is 39.0 Å². The highest BCUT2D eigenvalue weighted by Gasteiger charge is 2.56. The molecule has 0 saturated carbocycles. The van der Waals surface area contributed by atoms with Crippen LogP contribution < -0.4 is 4.74 Å². The van der Waals surface area contributed by atoms with Crippen molar-refractivity contribution in [2.75, 3.05) is 13.7 Å². The van der Waals surface area contributed by atoms with Gasteiger partial charge in [0.15, 0.2) is 23.1 Å². The number of hydrogen-bond acceptors (Lipinski definition) is 6. The van der Waals surface area contributed by atoms with Gasteiger partial charge in [-0.15, -0.1) is 0 Å². The highest BCUT2D eigenvalue weighted by Crippen LogP contribution is 2.56. The largest absolute Gasteiger partial charge is 0.503 e. The number of amides is 2. The number of benzene rings is 1. The summed E-state index contributed by atoms with van der Waals surface area (Å²) < 4.78 is 5.75. The Kier molecular flexibility index (Phi) is 5.82. The number of ether oxygens (including phenoxy) is 1. The van der Waals surface area contributed by atoms with Crippen molar-refractivity contribution in [3.05, 3.63) is 56.6 Å². The molecule has 1 N–H and O–H groups in total. The van der Waals surface area contributed by atoms with Gasteiger partial charge < -0.3 is 9.84 Å². The standard InChI is InChI=1S/C27H26BrNO6/c1-4-7-29-26(33)15-6-5-14-16(22(15)27(29)34)11-17-19(30)8-12(2)24(31)23(17)21(14)13-9-18(28)25(32)20(10-13)35-3/h5,8-10,15-16,21-22,32H,4,6-7,11H2,1-3H3. The van der Waals surface area contributed by atoms with Crippen molar-refractivity contribution >= 4 is 39.3 Å². The first-order valence-electron chi connectivity index (χ1n) is 11.8. The normalized spacial score (nSPS) is 27.9. The van der Waals surface area contributed by atoms with Crippen molar-refractivity contribution in [3.8, 4) is 11.5 Å². The number of Topliss-reactive ketones (excluding diaryl/α,β-unsaturated/α-hetero) is 1. The van der Waals surface area contributed by atoms with E-state index in [0.29, 0.717) is 46.1 Å². The summed E-state index contributed by atoms with van der Waals surface area (Å²) in [5, 5.41) is 10.4. The number of imide groups is 1. The van der Waals surface area contributed by atoms with E-state index in [0.717, 1.165) is 5.57 Å². The average Bonchev–Trinajstić information content (AvgIpc) is 3.08. The van der Waals surface area contributed by atoms with Crippen molar-refractivity contribution in [1.82, 2.24) is 4.90 Å². The predicted octanol–water partition coefficient (Wildman–Crippen LogP) is 4.00. The number of nitrogens with zero attached hydrogens (tertiary/aromatic N) is 1. The lowest BCUT2D eigenvalue weighted by Gasteiger charge is -2.42. The maximum Gasteiger partial charge on any atom is 0.233 e. The average molecular weight is 540 g/mol. The maximum atomic E-state index is 13.4. The zero-order chi connectivity index (χ0) is 25.2. The van der Waals surface area contributed by atoms with Crippen LogP contribution in [0.25, 0.3) is 0 Å². The number of likely N-dealkylation sites (tertiary alicyclic amines) is 1. The summed E-state index contributed by atoms with van der Waals surface area (Å²) in [5.41, 5.74) is 2.74. The number of ketones is 2. The van der Waals surface area contributed by atoms with Gasteiger partial charge in [-0.3, -0.25) is 24.1 Å². The van der Waals surface area contributed by atoms with E-state index in [-0.39, 0.29) is 47.2 Å². The number of hydrogen-bond donors (Lipinski definition) is 1. The molecule has 3 aliphatic carbocycles. The SMILES string of the molecule is CCCN1C(=O)C2CC=C3C(c4cc(Br)c(O)c(OC)c4)C4=C(CC3C2C1=O)C(=O)C=C(C)C4=O. The molecule has 1 aromatic rings. The molecule has 1 heterocycles. The molecule has 4 aliphatic rings. The Morgan fingerprint density at radius 2 is 1.89 bits per heavy atom. The van der Waals surface area contributed by atoms with Crippen LogP contribution in [0.5, 0.6) is 11.5 Å². The molecule has 0 bridgehead atoms. The quantitative estimate of drug-likeness (QED) is 0.352. The third-order valence-electron chi connectivity index (χ3n) is 7.71. The fraction of sp³-hybridized carbons (Fsp3) is 0.407. The number of rotatable bonds is 4. The Balaban J connectivity index is 1.70. The first-order chi connectivity index (χ1) is 16.7. The van der Waals surface area contributed by atoms with Crippen LogP contribution >= 0.6 is 15.9 Å². The fourth-order valence-electron chi connectivity index (χ4n) is 6.17. The minimum atomic E-state index is -0.585. The van der Waals surface area contributed by atoms with E-state index in [4.69, 9.17) is 4.74 Å². The summed E-state index contributed by atoms with van der Waals surface area (Å²) in [6.07, 6.45) is 4.69. The summed E-state index contributed by atoms with van der Waals surface area (Å²) >= 11 is 3.37. The number of carbonyl (C=O) groups is 4. The number of carbonyl (C=O) groups excluding carboxylic acids is 4. The molecule has 7 nitrogen and oxygen atoms in total. The second kappa shape index (κ2) is 8.59. The summed E-state index contributed by atoms with van der Waals surface area (Å²) in [6, 6.07) is 3.39. The van der Waals surface area contributed by atoms with Crippen LogP contribution in [-0.4, -0.2) is 47.0 Å². The lowest BCUT2D eigenvalue weighted by Crippen LogP contribution is -2.39. The molecule has 1 saturated heterocycles. The number of phenols is 1. The number of methoxy groups -OCH3 is 1. The summed E-state index contributed by atoms with van der Waals surface area (Å²) in [6.45, 7) is 3.94. The second-order valence-corrected chi connectivity index (χ2v) is 10.5. The molecule has 4 atom stereocenters. The predicted molar refractivity (Wildman–Crippen MR) is 131 cm³/mol. The van der Waals surface area contributed by atoms with E-state index in [1.807, 2.05) is 13.0 Å². The Bertz CT molecular complexity index is 1290. The number of halogens is 1. The van der Waals surface area contributed by atoms with Crippen molar-refractivity contribution in [1.29, 1.82) is 0 Å². The lowest BCUT2D eigenvalue weighted by molar-refractivity contribution is -0.140. The minimum Gasteiger partial charge on any atom is -0.503 e. The first kappa shape index (κ1) is 23.7. The monoisotopic (exact) mass is 539 g/mol. The number of fused-ring (bicyclic) bond motifs is 3. The van der Waals surface area contributed by atoms with Crippen LogP contribution in [0.15, 0.2) is 51.0 Å². The molecule has 5 rings (SSSR count). The van der Waals surface area contributed by atoms with Crippen LogP contribution in [0, 0.1) is 17.8 Å². The van der Waals surface area contributed by atoms with Gasteiger partial charge in [-0.25, -0.2) is 0 Å². The van der Waals surface area contributed by atoms with Crippen molar-refractivity contribution < 1.29 is 29.0 Å². The van der Waals surface area contributed by atoms with Crippen LogP contribution in [0.4, 0.5) is 0 Å². The van der Waals surface area contributed by atoms with Crippen LogP contribution in [0.3, 0.4) is 0 Å². The van der Waals surface area contributed by atoms with Gasteiger partial charge in [0.05, 0.1) is 23.4 Å². The van der Waals surface area contributed by atoms with E-state index in [1.165, 1.54) is 18.1 Å². The molecule has 35 heavy (non-hydrogen) atoms. The Labute approximate surface area is 211 Å². The number of allylic oxidation sites excluding steroid dienone is 6. The lowest BCUT2D eigenvalue weighted by atomic mass is 9.59. The number of phenolic OH excluding ortho intramolecular Hbond substituents is 1. The van der Waals surface area contributed by atoms with Crippen LogP contribution in [0.2, 0.25) is 0 Å². The third-order valence-corrected chi connectivity index (χ3v) is 8.31. The smallest absolute Gasteiger partial charge is 0.233 e. The summed E-state index contributed by atoms with van der Waals surface area (Å²) in [5.74, 6) is -2.54. The molecule has 182 valence electrons. The van der Waals surface area contributed by atoms with E-state index in [2.05, 4.69) is 15.9 Å². The zero-order valence-corrected chi connectivity index (χ0v) is 21.3. The topological polar surface area (TPSA) is 101 Å². The second-order valence-electron chi connectivity index (χ2n) is 9.61. The van der Waals surface area contributed by atoms with Crippen molar-refractivity contribution in [2.24, 2.45) is 17.8 Å². The van der Waals surface area contributed by atoms with Gasteiger partial charge in [-0.2, -0.15) is 0 Å². The van der Waals surface area contributed by atoms with Crippen LogP contribution in [-0.2, 0) is 19.2 Å². The molecule has 0 spiro atoms. The Hall–Kier alpha value is -3.00. The third kappa shape index (κ3) is 3.44. The molecular weight excluding hydrogens is 514 g/mol. The molecular formula is C27H26BrNO6. The number of aromatic hydroxyl groups is 1. The fourth-order valence-corrected chi connectivity index (χ4v) is 6.63. The van der Waals surface area contributed by atoms with Gasteiger partial charge in [-0.1, -0.05) is 18.6 Å². The van der Waals surface area contributed by atoms with Gasteiger partial charge in [0.1, 0.15) is 0 Å². The summed E-state index contributed by atoms with van der Waals surface area (Å²) in [7, 11) is 1.44. The minimum absolute atomic E-state index is 0.0654. The molecule has 1 fully saturated rings. The summed E-state index contributed by atoms with van der Waals surface area (Å²) in [4.78, 5) is 54.4. The molecule has 2 amide bonds. The van der Waals surface area contributed by atoms with Gasteiger partial charge >= 0.3 is 0 Å². The van der Waals surface area contributed by atoms with Gasteiger partial charge in [0.2, 0.25) is 11.8 Å². The Morgan fingerprint density at radius 3 is 2.57 bits per heavy atom. The zero-order valence-electron chi connectivity index (χ0n) is 19.8. The van der Waals surface area contributed by atoms with Gasteiger partial charge in [0.25, 0.3) is 0 Å². The molecule has 4 unspecified atom stereocenters. The highest BCUT2D eigenvalue weighted by atomic mass is 79.9. The van der Waals surface area contributed by atoms with E-state index < -0.39 is 17.8 Å². The van der Waals surface area contributed by atoms with E-state index in [1.54, 1.807) is 19.1 Å². The molecule has 0 aromatic heterocycles. The molecule has 1 aliphatic heterocycles. The van der Waals surface area contributed by atoms with Crippen LogP contribution in [0.1, 0.15) is 44.6 Å². The first-order valence-corrected chi connectivity index (χ1v) is 12.6. The molecule has 1 aromatic carbocycles.